The Hall–Kier alpha value is -4.60. The SMILES string of the molecule is CN1CCC(N2C(=O)c3cc4c(cc3C2=O)NC(=C2C(=O)CC=CC2=NC[C@@H](O)COc2cccc3ccccc23)C4)CC1. The number of aliphatic imine (C=N–C) groups is 1. The van der Waals surface area contributed by atoms with Gasteiger partial charge in [0.05, 0.1) is 29.0 Å². The van der Waals surface area contributed by atoms with Crippen molar-refractivity contribution in [3.63, 3.8) is 0 Å². The zero-order valence-corrected chi connectivity index (χ0v) is 24.6. The third kappa shape index (κ3) is 5.12. The maximum Gasteiger partial charge on any atom is 0.261 e. The fourth-order valence-electron chi connectivity index (χ4n) is 6.57. The molecule has 224 valence electrons. The molecular weight excluding hydrogens is 556 g/mol. The minimum atomic E-state index is -0.876. The zero-order valence-electron chi connectivity index (χ0n) is 24.6. The fraction of sp³-hybridized carbons (Fsp3) is 0.314. The van der Waals surface area contributed by atoms with Crippen LogP contribution in [0, 0.1) is 0 Å². The van der Waals surface area contributed by atoms with Gasteiger partial charge in [-0.05, 0) is 68.2 Å². The quantitative estimate of drug-likeness (QED) is 0.328. The molecule has 3 aliphatic heterocycles. The fourth-order valence-corrected chi connectivity index (χ4v) is 6.57. The summed E-state index contributed by atoms with van der Waals surface area (Å²) >= 11 is 0. The van der Waals surface area contributed by atoms with Crippen LogP contribution in [0.15, 0.2) is 83.0 Å². The van der Waals surface area contributed by atoms with Gasteiger partial charge in [-0.15, -0.1) is 0 Å². The number of Topliss-reactive ketones (excluding diaryl/α,β-unsaturated/α-hetero) is 1. The van der Waals surface area contributed by atoms with Gasteiger partial charge in [0.2, 0.25) is 0 Å². The first-order valence-corrected chi connectivity index (χ1v) is 15.1. The summed E-state index contributed by atoms with van der Waals surface area (Å²) in [6.07, 6.45) is 4.92. The van der Waals surface area contributed by atoms with Crippen LogP contribution in [-0.4, -0.2) is 83.7 Å². The Bertz CT molecular complexity index is 1730. The molecule has 3 heterocycles. The van der Waals surface area contributed by atoms with E-state index < -0.39 is 6.10 Å². The first kappa shape index (κ1) is 28.2. The molecule has 4 aliphatic rings. The van der Waals surface area contributed by atoms with Crippen molar-refractivity contribution in [2.24, 2.45) is 4.99 Å². The van der Waals surface area contributed by atoms with Crippen LogP contribution in [0.1, 0.15) is 45.5 Å². The Kier molecular flexibility index (Phi) is 7.35. The summed E-state index contributed by atoms with van der Waals surface area (Å²) in [6.45, 7) is 1.83. The van der Waals surface area contributed by atoms with E-state index >= 15 is 0 Å². The molecule has 0 radical (unpaired) electrons. The van der Waals surface area contributed by atoms with Crippen LogP contribution >= 0.6 is 0 Å². The molecule has 3 aromatic carbocycles. The molecule has 2 amide bonds. The van der Waals surface area contributed by atoms with Crippen LogP contribution in [0.3, 0.4) is 0 Å². The number of nitrogens with zero attached hydrogens (tertiary/aromatic N) is 3. The topological polar surface area (TPSA) is 112 Å². The maximum absolute atomic E-state index is 13.4. The average Bonchev–Trinajstić information content (AvgIpc) is 3.55. The number of imide groups is 1. The van der Waals surface area contributed by atoms with Gasteiger partial charge in [-0.3, -0.25) is 24.3 Å². The number of carbonyl (C=O) groups is 3. The molecule has 1 fully saturated rings. The van der Waals surface area contributed by atoms with Gasteiger partial charge >= 0.3 is 0 Å². The second-order valence-corrected chi connectivity index (χ2v) is 11.9. The molecule has 1 atom stereocenters. The molecule has 2 N–H and O–H groups in total. The summed E-state index contributed by atoms with van der Waals surface area (Å²) in [5.41, 5.74) is 4.07. The van der Waals surface area contributed by atoms with Crippen LogP contribution in [-0.2, 0) is 11.2 Å². The van der Waals surface area contributed by atoms with Crippen molar-refractivity contribution in [3.8, 4) is 5.75 Å². The van der Waals surface area contributed by atoms with E-state index in [1.807, 2.05) is 49.5 Å². The van der Waals surface area contributed by atoms with Gasteiger partial charge in [-0.1, -0.05) is 42.5 Å². The van der Waals surface area contributed by atoms with E-state index in [0.717, 1.165) is 48.0 Å². The molecule has 1 aliphatic carbocycles. The summed E-state index contributed by atoms with van der Waals surface area (Å²) in [4.78, 5) is 48.1. The van der Waals surface area contributed by atoms with E-state index in [1.54, 1.807) is 24.3 Å². The van der Waals surface area contributed by atoms with Crippen molar-refractivity contribution in [2.45, 2.75) is 37.8 Å². The number of ether oxygens (including phenoxy) is 1. The lowest BCUT2D eigenvalue weighted by Gasteiger charge is -2.33. The van der Waals surface area contributed by atoms with Gasteiger partial charge < -0.3 is 20.1 Å². The first-order valence-electron chi connectivity index (χ1n) is 15.1. The van der Waals surface area contributed by atoms with Gasteiger partial charge in [0, 0.05) is 35.7 Å². The molecular formula is C35H34N4O5. The molecule has 0 unspecified atom stereocenters. The van der Waals surface area contributed by atoms with Crippen LogP contribution < -0.4 is 10.1 Å². The Morgan fingerprint density at radius 3 is 2.59 bits per heavy atom. The Morgan fingerprint density at radius 1 is 1.02 bits per heavy atom. The lowest BCUT2D eigenvalue weighted by molar-refractivity contribution is -0.114. The summed E-state index contributed by atoms with van der Waals surface area (Å²) in [6, 6.07) is 17.2. The van der Waals surface area contributed by atoms with Gasteiger partial charge in [-0.25, -0.2) is 0 Å². The molecule has 9 nitrogen and oxygen atoms in total. The molecule has 1 saturated heterocycles. The average molecular weight is 591 g/mol. The van der Waals surface area contributed by atoms with E-state index in [0.29, 0.717) is 40.3 Å². The molecule has 44 heavy (non-hydrogen) atoms. The maximum atomic E-state index is 13.4. The number of likely N-dealkylation sites (tertiary alicyclic amines) is 1. The normalized spacial score (nSPS) is 22.1. The number of hydrogen-bond donors (Lipinski definition) is 2. The second kappa shape index (κ2) is 11.5. The van der Waals surface area contributed by atoms with Crippen LogP contribution in [0.2, 0.25) is 0 Å². The van der Waals surface area contributed by atoms with Crippen molar-refractivity contribution < 1.29 is 24.2 Å². The molecule has 0 spiro atoms. The number of amides is 2. The number of aliphatic hydroxyl groups is 1. The van der Waals surface area contributed by atoms with Crippen molar-refractivity contribution in [1.82, 2.24) is 9.80 Å². The number of ketones is 1. The number of benzene rings is 3. The summed E-state index contributed by atoms with van der Waals surface area (Å²) in [5, 5.41) is 16.1. The van der Waals surface area contributed by atoms with Crippen molar-refractivity contribution in [2.75, 3.05) is 38.6 Å². The highest BCUT2D eigenvalue weighted by molar-refractivity contribution is 6.29. The molecule has 0 aromatic heterocycles. The van der Waals surface area contributed by atoms with Gasteiger partial charge in [0.15, 0.2) is 5.78 Å². The third-order valence-electron chi connectivity index (χ3n) is 8.92. The summed E-state index contributed by atoms with van der Waals surface area (Å²) < 4.78 is 5.93. The van der Waals surface area contributed by atoms with E-state index in [2.05, 4.69) is 15.2 Å². The van der Waals surface area contributed by atoms with E-state index in [1.165, 1.54) is 4.90 Å². The van der Waals surface area contributed by atoms with Crippen molar-refractivity contribution in [3.05, 3.63) is 94.7 Å². The molecule has 7 rings (SSSR count). The Balaban J connectivity index is 1.07. The monoisotopic (exact) mass is 590 g/mol. The zero-order chi connectivity index (χ0) is 30.4. The van der Waals surface area contributed by atoms with E-state index in [4.69, 9.17) is 4.74 Å². The number of nitrogens with one attached hydrogen (secondary N) is 1. The van der Waals surface area contributed by atoms with Gasteiger partial charge in [0.25, 0.3) is 11.8 Å². The lowest BCUT2D eigenvalue weighted by atomic mass is 9.94. The smallest absolute Gasteiger partial charge is 0.261 e. The molecule has 0 bridgehead atoms. The Morgan fingerprint density at radius 2 is 1.77 bits per heavy atom. The number of piperidine rings is 1. The largest absolute Gasteiger partial charge is 0.490 e. The number of fused-ring (bicyclic) bond motifs is 3. The van der Waals surface area contributed by atoms with Gasteiger partial charge in [0.1, 0.15) is 18.5 Å². The summed E-state index contributed by atoms with van der Waals surface area (Å²) in [5.74, 6) is 0.138. The molecule has 3 aromatic rings. The summed E-state index contributed by atoms with van der Waals surface area (Å²) in [7, 11) is 2.05. The molecule has 0 saturated carbocycles. The highest BCUT2D eigenvalue weighted by Gasteiger charge is 2.42. The third-order valence-corrected chi connectivity index (χ3v) is 8.92. The highest BCUT2D eigenvalue weighted by atomic mass is 16.5. The second-order valence-electron chi connectivity index (χ2n) is 11.9. The Labute approximate surface area is 255 Å². The van der Waals surface area contributed by atoms with Crippen LogP contribution in [0.4, 0.5) is 5.69 Å². The highest BCUT2D eigenvalue weighted by Crippen LogP contribution is 2.38. The van der Waals surface area contributed by atoms with Gasteiger partial charge in [-0.2, -0.15) is 0 Å². The molecule has 9 heteroatoms. The number of carbonyl (C=O) groups excluding carboxylic acids is 3. The number of allylic oxidation sites excluding steroid dienone is 4. The predicted molar refractivity (Wildman–Crippen MR) is 168 cm³/mol. The van der Waals surface area contributed by atoms with Crippen LogP contribution in [0.25, 0.3) is 10.8 Å². The predicted octanol–water partition coefficient (Wildman–Crippen LogP) is 4.16. The van der Waals surface area contributed by atoms with Crippen molar-refractivity contribution >= 4 is 39.8 Å². The number of anilines is 1. The first-order chi connectivity index (χ1) is 21.4. The van der Waals surface area contributed by atoms with E-state index in [9.17, 15) is 19.5 Å². The number of hydrogen-bond acceptors (Lipinski definition) is 8. The standard InChI is InChI=1S/C35H34N4O5/c1-38-14-12-23(13-15-38)39-34(42)26-16-22-17-30(37-29(22)18-27(26)35(39)43)33-28(9-5-10-31(33)41)36-19-24(40)20-44-32-11-4-7-21-6-2-3-8-25(21)32/h2-9,11,16,18,23-24,37,40H,10,12-15,17,19-20H2,1H3/t24-/m1/s1. The number of rotatable bonds is 6. The minimum absolute atomic E-state index is 0.0558. The van der Waals surface area contributed by atoms with E-state index in [-0.39, 0.29) is 43.2 Å². The number of aliphatic hydroxyl groups excluding tert-OH is 1. The van der Waals surface area contributed by atoms with Crippen LogP contribution in [0.5, 0.6) is 5.75 Å². The van der Waals surface area contributed by atoms with Crippen molar-refractivity contribution in [1.29, 1.82) is 0 Å². The lowest BCUT2D eigenvalue weighted by Crippen LogP contribution is -2.46. The minimum Gasteiger partial charge on any atom is -0.490 e.